The van der Waals surface area contributed by atoms with Crippen LogP contribution in [0.15, 0.2) is 67.0 Å². The highest BCUT2D eigenvalue weighted by Crippen LogP contribution is 2.42. The van der Waals surface area contributed by atoms with E-state index in [1.165, 1.54) is 0 Å². The van der Waals surface area contributed by atoms with Gasteiger partial charge in [-0.05, 0) is 80.3 Å². The van der Waals surface area contributed by atoms with E-state index in [1.54, 1.807) is 36.5 Å². The third-order valence-corrected chi connectivity index (χ3v) is 12.2. The molecule has 3 fully saturated rings. The molecular weight excluding hydrogens is 745 g/mol. The third-order valence-electron chi connectivity index (χ3n) is 11.4. The van der Waals surface area contributed by atoms with Crippen LogP contribution in [-0.4, -0.2) is 136 Å². The SMILES string of the molecule is COc1ccc(-c2cn[nH]n2)cc1C(=O)N1CCC(CCN2CCC(NC(=O)N3CCN(CC(=O)O)CC3)(c3ccccn3)CC2)(c2ccc(Cl)c(Cl)c2)C1. The van der Waals surface area contributed by atoms with Gasteiger partial charge in [-0.1, -0.05) is 35.3 Å². The van der Waals surface area contributed by atoms with Crippen molar-refractivity contribution < 1.29 is 24.2 Å². The Labute approximate surface area is 329 Å². The minimum absolute atomic E-state index is 0.0306. The Bertz CT molecular complexity index is 1990. The number of aromatic nitrogens is 4. The number of hydrogen-bond acceptors (Lipinski definition) is 9. The van der Waals surface area contributed by atoms with Gasteiger partial charge in [0.1, 0.15) is 11.4 Å². The predicted molar refractivity (Wildman–Crippen MR) is 207 cm³/mol. The zero-order chi connectivity index (χ0) is 38.6. The summed E-state index contributed by atoms with van der Waals surface area (Å²) >= 11 is 13.0. The van der Waals surface area contributed by atoms with E-state index in [4.69, 9.17) is 32.9 Å². The fraction of sp³-hybridized carbons (Fsp3) is 0.436. The summed E-state index contributed by atoms with van der Waals surface area (Å²) in [5.41, 5.74) is 2.68. The third kappa shape index (κ3) is 8.42. The predicted octanol–water partition coefficient (Wildman–Crippen LogP) is 4.76. The molecular formula is C39H45Cl2N9O5. The van der Waals surface area contributed by atoms with E-state index < -0.39 is 11.5 Å². The average Bonchev–Trinajstić information content (AvgIpc) is 3.91. The number of carbonyl (C=O) groups excluding carboxylic acids is 2. The molecule has 4 aromatic rings. The van der Waals surface area contributed by atoms with Crippen LogP contribution in [0.5, 0.6) is 5.75 Å². The van der Waals surface area contributed by atoms with Crippen molar-refractivity contribution in [3.8, 4) is 17.0 Å². The molecule has 3 N–H and O–H groups in total. The summed E-state index contributed by atoms with van der Waals surface area (Å²) in [5.74, 6) is -0.505. The maximum absolute atomic E-state index is 14.2. The number of piperidine rings is 1. The highest BCUT2D eigenvalue weighted by atomic mass is 35.5. The highest BCUT2D eigenvalue weighted by Gasteiger charge is 2.44. The molecule has 3 saturated heterocycles. The van der Waals surface area contributed by atoms with E-state index in [1.807, 2.05) is 52.3 Å². The number of urea groups is 1. The maximum Gasteiger partial charge on any atom is 0.318 e. The second-order valence-electron chi connectivity index (χ2n) is 14.6. The number of aromatic amines is 1. The van der Waals surface area contributed by atoms with Crippen LogP contribution in [0.3, 0.4) is 0 Å². The van der Waals surface area contributed by atoms with Crippen LogP contribution in [0.2, 0.25) is 10.0 Å². The molecule has 0 bridgehead atoms. The number of ether oxygens (including phenoxy) is 1. The summed E-state index contributed by atoms with van der Waals surface area (Å²) in [6.07, 6.45) is 6.22. The summed E-state index contributed by atoms with van der Waals surface area (Å²) in [6, 6.07) is 16.9. The molecule has 16 heteroatoms. The number of nitrogens with zero attached hydrogens (tertiary/aromatic N) is 7. The van der Waals surface area contributed by atoms with Crippen LogP contribution in [-0.2, 0) is 15.7 Å². The van der Waals surface area contributed by atoms with Crippen LogP contribution in [0.1, 0.15) is 47.3 Å². The van der Waals surface area contributed by atoms with Crippen molar-refractivity contribution in [1.29, 1.82) is 0 Å². The lowest BCUT2D eigenvalue weighted by molar-refractivity contribution is -0.138. The van der Waals surface area contributed by atoms with Gasteiger partial charge in [-0.3, -0.25) is 19.5 Å². The zero-order valence-corrected chi connectivity index (χ0v) is 32.2. The molecule has 0 aliphatic carbocycles. The second kappa shape index (κ2) is 16.5. The number of nitrogens with one attached hydrogen (secondary N) is 2. The first-order valence-corrected chi connectivity index (χ1v) is 19.3. The van der Waals surface area contributed by atoms with Crippen molar-refractivity contribution >= 4 is 41.1 Å². The number of hydrogen-bond donors (Lipinski definition) is 3. The lowest BCUT2D eigenvalue weighted by Gasteiger charge is -2.44. The minimum atomic E-state index is -0.869. The number of carboxylic acids is 1. The number of rotatable bonds is 11. The highest BCUT2D eigenvalue weighted by molar-refractivity contribution is 6.42. The Hall–Kier alpha value is -4.76. The number of amides is 3. The number of carboxylic acid groups (broad SMARTS) is 1. The number of methoxy groups -OCH3 is 1. The Morgan fingerprint density at radius 3 is 2.38 bits per heavy atom. The van der Waals surface area contributed by atoms with Crippen molar-refractivity contribution in [3.05, 3.63) is 93.9 Å². The average molecular weight is 791 g/mol. The van der Waals surface area contributed by atoms with Gasteiger partial charge in [-0.25, -0.2) is 4.79 Å². The van der Waals surface area contributed by atoms with Gasteiger partial charge in [0.25, 0.3) is 5.91 Å². The molecule has 0 saturated carbocycles. The standard InChI is InChI=1S/C39H45Cl2N9O5/c1-55-33-8-5-27(32-24-43-46-45-32)22-29(33)36(53)50-17-10-38(26-50,28-6-7-30(40)31(41)23-28)9-14-47-15-11-39(12-16-47,34-4-2-3-13-42-34)44-37(54)49-20-18-48(19-21-49)25-35(51)52/h2-8,13,22-24H,9-12,14-21,25-26H2,1H3,(H,44,54)(H,51,52)(H,43,45,46). The summed E-state index contributed by atoms with van der Waals surface area (Å²) in [6.45, 7) is 5.18. The van der Waals surface area contributed by atoms with Crippen LogP contribution < -0.4 is 10.1 Å². The Morgan fingerprint density at radius 2 is 1.71 bits per heavy atom. The Morgan fingerprint density at radius 1 is 0.909 bits per heavy atom. The maximum atomic E-state index is 14.2. The minimum Gasteiger partial charge on any atom is -0.496 e. The molecule has 3 aliphatic heterocycles. The molecule has 1 atom stereocenters. The van der Waals surface area contributed by atoms with Gasteiger partial charge < -0.3 is 29.9 Å². The molecule has 3 amide bonds. The number of piperazine rings is 1. The lowest BCUT2D eigenvalue weighted by Crippen LogP contribution is -2.59. The topological polar surface area (TPSA) is 160 Å². The molecule has 55 heavy (non-hydrogen) atoms. The molecule has 2 aromatic heterocycles. The van der Waals surface area contributed by atoms with Crippen LogP contribution in [0.4, 0.5) is 4.79 Å². The molecule has 1 unspecified atom stereocenters. The Kier molecular flexibility index (Phi) is 11.6. The normalized spacial score (nSPS) is 20.3. The van der Waals surface area contributed by atoms with Crippen molar-refractivity contribution in [3.63, 3.8) is 0 Å². The van der Waals surface area contributed by atoms with E-state index in [2.05, 4.69) is 25.6 Å². The number of halogens is 2. The van der Waals surface area contributed by atoms with Crippen LogP contribution in [0.25, 0.3) is 11.3 Å². The summed E-state index contributed by atoms with van der Waals surface area (Å²) in [4.78, 5) is 51.7. The quantitative estimate of drug-likeness (QED) is 0.193. The second-order valence-corrected chi connectivity index (χ2v) is 15.4. The number of benzene rings is 2. The number of pyridine rings is 1. The van der Waals surface area contributed by atoms with Gasteiger partial charge in [-0.2, -0.15) is 15.4 Å². The summed E-state index contributed by atoms with van der Waals surface area (Å²) in [5, 5.41) is 24.2. The molecule has 3 aliphatic rings. The first kappa shape index (κ1) is 38.5. The van der Waals surface area contributed by atoms with Gasteiger partial charge in [0, 0.05) is 69.5 Å². The number of aliphatic carboxylic acids is 1. The van der Waals surface area contributed by atoms with Gasteiger partial charge >= 0.3 is 12.0 Å². The van der Waals surface area contributed by atoms with Gasteiger partial charge in [0.15, 0.2) is 0 Å². The van der Waals surface area contributed by atoms with Crippen LogP contribution in [0, 0.1) is 0 Å². The van der Waals surface area contributed by atoms with Crippen molar-refractivity contribution in [1.82, 2.24) is 45.3 Å². The first-order chi connectivity index (χ1) is 26.6. The van der Waals surface area contributed by atoms with Crippen LogP contribution >= 0.6 is 23.2 Å². The van der Waals surface area contributed by atoms with E-state index in [-0.39, 0.29) is 23.9 Å². The first-order valence-electron chi connectivity index (χ1n) is 18.5. The van der Waals surface area contributed by atoms with E-state index >= 15 is 0 Å². The van der Waals surface area contributed by atoms with E-state index in [0.29, 0.717) is 79.2 Å². The largest absolute Gasteiger partial charge is 0.496 e. The van der Waals surface area contributed by atoms with Gasteiger partial charge in [0.2, 0.25) is 0 Å². The lowest BCUT2D eigenvalue weighted by atomic mass is 9.76. The fourth-order valence-electron chi connectivity index (χ4n) is 8.21. The molecule has 0 radical (unpaired) electrons. The molecule has 0 spiro atoms. The number of carbonyl (C=O) groups is 3. The zero-order valence-electron chi connectivity index (χ0n) is 30.7. The summed E-state index contributed by atoms with van der Waals surface area (Å²) < 4.78 is 5.63. The number of likely N-dealkylation sites (tertiary alicyclic amines) is 2. The van der Waals surface area contributed by atoms with Gasteiger partial charge in [-0.15, -0.1) is 0 Å². The summed E-state index contributed by atoms with van der Waals surface area (Å²) in [7, 11) is 1.56. The number of H-pyrrole nitrogens is 1. The monoisotopic (exact) mass is 789 g/mol. The Balaban J connectivity index is 1.06. The fourth-order valence-corrected chi connectivity index (χ4v) is 8.50. The molecule has 2 aromatic carbocycles. The molecule has 290 valence electrons. The smallest absolute Gasteiger partial charge is 0.318 e. The van der Waals surface area contributed by atoms with Crippen molar-refractivity contribution in [2.45, 2.75) is 36.6 Å². The molecule has 5 heterocycles. The molecule has 7 rings (SSSR count). The van der Waals surface area contributed by atoms with E-state index in [0.717, 1.165) is 49.3 Å². The van der Waals surface area contributed by atoms with Gasteiger partial charge in [0.05, 0.1) is 46.7 Å². The van der Waals surface area contributed by atoms with Crippen molar-refractivity contribution in [2.24, 2.45) is 0 Å². The van der Waals surface area contributed by atoms with Crippen molar-refractivity contribution in [2.75, 3.05) is 72.6 Å². The molecule has 14 nitrogen and oxygen atoms in total. The van der Waals surface area contributed by atoms with E-state index in [9.17, 15) is 19.5 Å².